The molecule has 1 aromatic carbocycles. The molecule has 0 radical (unpaired) electrons. The lowest BCUT2D eigenvalue weighted by Gasteiger charge is -2.34. The molecular weight excluding hydrogens is 461 g/mol. The molecule has 1 aliphatic heterocycles. The minimum absolute atomic E-state index is 0.0582. The lowest BCUT2D eigenvalue weighted by molar-refractivity contribution is 0.0629. The summed E-state index contributed by atoms with van der Waals surface area (Å²) in [5.41, 5.74) is 0.952. The zero-order valence-corrected chi connectivity index (χ0v) is 19.1. The van der Waals surface area contributed by atoms with Crippen molar-refractivity contribution < 1.29 is 9.59 Å². The molecular formula is C21H19Cl2N3O2S2. The predicted octanol–water partition coefficient (Wildman–Crippen LogP) is 5.33. The number of anilines is 1. The zero-order chi connectivity index (χ0) is 21.1. The monoisotopic (exact) mass is 479 g/mol. The molecule has 30 heavy (non-hydrogen) atoms. The maximum Gasteiger partial charge on any atom is 0.265 e. The summed E-state index contributed by atoms with van der Waals surface area (Å²) in [5, 5.41) is 5.03. The molecule has 9 heteroatoms. The maximum atomic E-state index is 13.0. The molecule has 1 saturated heterocycles. The number of nitrogens with zero attached hydrogens (tertiary/aromatic N) is 2. The molecule has 0 spiro atoms. The van der Waals surface area contributed by atoms with Gasteiger partial charge in [-0.25, -0.2) is 0 Å². The van der Waals surface area contributed by atoms with Crippen molar-refractivity contribution in [2.75, 3.05) is 31.5 Å². The van der Waals surface area contributed by atoms with Crippen molar-refractivity contribution in [2.45, 2.75) is 6.54 Å². The van der Waals surface area contributed by atoms with Crippen LogP contribution in [0.5, 0.6) is 0 Å². The summed E-state index contributed by atoms with van der Waals surface area (Å²) in [7, 11) is 0. The molecule has 1 aliphatic rings. The SMILES string of the molecule is O=C(Nc1cc(C(=O)N2CCN(Cc3ccc(Cl)s3)CC2)ccc1Cl)c1cccs1. The van der Waals surface area contributed by atoms with E-state index in [1.54, 1.807) is 35.6 Å². The third-order valence-corrected chi connectivity index (χ3v) is 7.29. The van der Waals surface area contributed by atoms with Gasteiger partial charge in [0.05, 0.1) is 19.9 Å². The van der Waals surface area contributed by atoms with Crippen LogP contribution in [-0.4, -0.2) is 47.8 Å². The van der Waals surface area contributed by atoms with Crippen LogP contribution in [0, 0.1) is 0 Å². The Morgan fingerprint density at radius 2 is 1.83 bits per heavy atom. The third kappa shape index (κ3) is 5.04. The summed E-state index contributed by atoms with van der Waals surface area (Å²) in [4.78, 5) is 31.3. The van der Waals surface area contributed by atoms with E-state index in [0.29, 0.717) is 34.2 Å². The first kappa shape index (κ1) is 21.3. The first-order chi connectivity index (χ1) is 14.5. The minimum Gasteiger partial charge on any atom is -0.336 e. The molecule has 3 aromatic rings. The first-order valence-corrected chi connectivity index (χ1v) is 11.8. The summed E-state index contributed by atoms with van der Waals surface area (Å²) in [5.74, 6) is -0.295. The second-order valence-corrected chi connectivity index (χ2v) is 10.1. The number of hydrogen-bond donors (Lipinski definition) is 1. The Kier molecular flexibility index (Phi) is 6.75. The Morgan fingerprint density at radius 1 is 1.03 bits per heavy atom. The van der Waals surface area contributed by atoms with Gasteiger partial charge in [0, 0.05) is 43.2 Å². The highest BCUT2D eigenvalue weighted by Gasteiger charge is 2.23. The van der Waals surface area contributed by atoms with Gasteiger partial charge in [-0.3, -0.25) is 14.5 Å². The van der Waals surface area contributed by atoms with Crippen LogP contribution in [0.3, 0.4) is 0 Å². The summed E-state index contributed by atoms with van der Waals surface area (Å²) in [6.07, 6.45) is 0. The van der Waals surface area contributed by atoms with E-state index >= 15 is 0 Å². The lowest BCUT2D eigenvalue weighted by Crippen LogP contribution is -2.48. The van der Waals surface area contributed by atoms with Crippen molar-refractivity contribution in [2.24, 2.45) is 0 Å². The fourth-order valence-electron chi connectivity index (χ4n) is 3.29. The van der Waals surface area contributed by atoms with Gasteiger partial charge in [0.1, 0.15) is 0 Å². The van der Waals surface area contributed by atoms with E-state index in [2.05, 4.69) is 10.2 Å². The molecule has 2 amide bonds. The number of piperazine rings is 1. The van der Waals surface area contributed by atoms with Crippen LogP contribution in [0.4, 0.5) is 5.69 Å². The van der Waals surface area contributed by atoms with Crippen LogP contribution in [0.2, 0.25) is 9.36 Å². The van der Waals surface area contributed by atoms with Crippen molar-refractivity contribution in [3.05, 3.63) is 72.5 Å². The average Bonchev–Trinajstić information content (AvgIpc) is 3.42. The summed E-state index contributed by atoms with van der Waals surface area (Å²) < 4.78 is 0.795. The number of rotatable bonds is 5. The number of amides is 2. The van der Waals surface area contributed by atoms with Crippen molar-refractivity contribution in [1.29, 1.82) is 0 Å². The Balaban J connectivity index is 1.38. The van der Waals surface area contributed by atoms with E-state index in [1.807, 2.05) is 28.5 Å². The Hall–Kier alpha value is -1.90. The van der Waals surface area contributed by atoms with Gasteiger partial charge in [0.15, 0.2) is 0 Å². The normalized spacial score (nSPS) is 14.7. The molecule has 4 rings (SSSR count). The minimum atomic E-state index is -0.237. The van der Waals surface area contributed by atoms with Crippen LogP contribution >= 0.6 is 45.9 Å². The second kappa shape index (κ2) is 9.49. The third-order valence-electron chi connectivity index (χ3n) is 4.87. The molecule has 0 unspecified atom stereocenters. The van der Waals surface area contributed by atoms with Crippen molar-refractivity contribution in [3.63, 3.8) is 0 Å². The number of halogens is 2. The standard InChI is InChI=1S/C21H19Cl2N3O2S2/c22-16-5-3-14(12-17(16)24-20(27)18-2-1-11-29-18)21(28)26-9-7-25(8-10-26)13-15-4-6-19(23)30-15/h1-6,11-12H,7-10,13H2,(H,24,27). The number of carbonyl (C=O) groups is 2. The van der Waals surface area contributed by atoms with Crippen LogP contribution < -0.4 is 5.32 Å². The summed E-state index contributed by atoms with van der Waals surface area (Å²) in [6.45, 7) is 3.75. The Labute approximate surface area is 192 Å². The van der Waals surface area contributed by atoms with E-state index < -0.39 is 0 Å². The van der Waals surface area contributed by atoms with Crippen LogP contribution in [0.1, 0.15) is 24.9 Å². The number of thiophene rings is 2. The topological polar surface area (TPSA) is 52.7 Å². The quantitative estimate of drug-likeness (QED) is 0.538. The lowest BCUT2D eigenvalue weighted by atomic mass is 10.1. The van der Waals surface area contributed by atoms with Crippen molar-refractivity contribution in [1.82, 2.24) is 9.80 Å². The highest BCUT2D eigenvalue weighted by Crippen LogP contribution is 2.26. The number of hydrogen-bond acceptors (Lipinski definition) is 5. The molecule has 0 aliphatic carbocycles. The highest BCUT2D eigenvalue weighted by atomic mass is 35.5. The highest BCUT2D eigenvalue weighted by molar-refractivity contribution is 7.16. The predicted molar refractivity (Wildman–Crippen MR) is 124 cm³/mol. The molecule has 1 N–H and O–H groups in total. The molecule has 156 valence electrons. The van der Waals surface area contributed by atoms with Gasteiger partial charge in [-0.05, 0) is 41.8 Å². The van der Waals surface area contributed by atoms with Gasteiger partial charge in [0.25, 0.3) is 11.8 Å². The molecule has 5 nitrogen and oxygen atoms in total. The van der Waals surface area contributed by atoms with Gasteiger partial charge in [-0.2, -0.15) is 0 Å². The average molecular weight is 480 g/mol. The molecule has 0 bridgehead atoms. The Morgan fingerprint density at radius 3 is 2.50 bits per heavy atom. The van der Waals surface area contributed by atoms with Crippen LogP contribution in [-0.2, 0) is 6.54 Å². The van der Waals surface area contributed by atoms with Gasteiger partial charge >= 0.3 is 0 Å². The maximum absolute atomic E-state index is 13.0. The van der Waals surface area contributed by atoms with E-state index in [1.165, 1.54) is 16.2 Å². The van der Waals surface area contributed by atoms with Crippen molar-refractivity contribution >= 4 is 63.4 Å². The van der Waals surface area contributed by atoms with E-state index in [-0.39, 0.29) is 11.8 Å². The van der Waals surface area contributed by atoms with Gasteiger partial charge < -0.3 is 10.2 Å². The fourth-order valence-corrected chi connectivity index (χ4v) is 5.21. The number of benzene rings is 1. The van der Waals surface area contributed by atoms with Crippen LogP contribution in [0.25, 0.3) is 0 Å². The number of nitrogens with one attached hydrogen (secondary N) is 1. The molecule has 0 saturated carbocycles. The van der Waals surface area contributed by atoms with Crippen molar-refractivity contribution in [3.8, 4) is 0 Å². The summed E-state index contributed by atoms with van der Waals surface area (Å²) >= 11 is 15.2. The van der Waals surface area contributed by atoms with Gasteiger partial charge in [0.2, 0.25) is 0 Å². The molecule has 3 heterocycles. The number of carbonyl (C=O) groups excluding carboxylic acids is 2. The first-order valence-electron chi connectivity index (χ1n) is 9.40. The Bertz CT molecular complexity index is 1040. The fraction of sp³-hybridized carbons (Fsp3) is 0.238. The largest absolute Gasteiger partial charge is 0.336 e. The summed E-state index contributed by atoms with van der Waals surface area (Å²) in [6, 6.07) is 12.5. The molecule has 0 atom stereocenters. The molecule has 1 fully saturated rings. The second-order valence-electron chi connectivity index (χ2n) is 6.90. The molecule has 2 aromatic heterocycles. The van der Waals surface area contributed by atoms with E-state index in [4.69, 9.17) is 23.2 Å². The van der Waals surface area contributed by atoms with Gasteiger partial charge in [-0.15, -0.1) is 22.7 Å². The van der Waals surface area contributed by atoms with E-state index in [9.17, 15) is 9.59 Å². The van der Waals surface area contributed by atoms with E-state index in [0.717, 1.165) is 24.0 Å². The zero-order valence-electron chi connectivity index (χ0n) is 15.9. The smallest absolute Gasteiger partial charge is 0.265 e. The van der Waals surface area contributed by atoms with Crippen LogP contribution in [0.15, 0.2) is 47.8 Å². The van der Waals surface area contributed by atoms with Gasteiger partial charge in [-0.1, -0.05) is 29.3 Å².